The van der Waals surface area contributed by atoms with Crippen LogP contribution in [0.15, 0.2) is 144 Å². The van der Waals surface area contributed by atoms with E-state index in [1.807, 2.05) is 6.07 Å². The number of fused-ring (bicyclic) bond motifs is 5. The molecule has 0 aliphatic carbocycles. The van der Waals surface area contributed by atoms with Crippen molar-refractivity contribution in [3.05, 3.63) is 140 Å². The fraction of sp³-hybridized carbons (Fsp3) is 0. The van der Waals surface area contributed by atoms with Gasteiger partial charge in [0.15, 0.2) is 0 Å². The number of hydrogen-bond donors (Lipinski definition) is 0. The molecule has 2 nitrogen and oxygen atoms in total. The highest BCUT2D eigenvalue weighted by atomic mass is 16.3. The summed E-state index contributed by atoms with van der Waals surface area (Å²) in [6.45, 7) is 0. The van der Waals surface area contributed by atoms with Crippen LogP contribution in [-0.2, 0) is 0 Å². The average Bonchev–Trinajstić information content (AvgIpc) is 3.35. The van der Waals surface area contributed by atoms with E-state index in [0.717, 1.165) is 55.5 Å². The lowest BCUT2D eigenvalue weighted by Crippen LogP contribution is -2.10. The molecule has 0 amide bonds. The fourth-order valence-electron chi connectivity index (χ4n) is 5.20. The van der Waals surface area contributed by atoms with Crippen molar-refractivity contribution in [3.8, 4) is 11.1 Å². The zero-order chi connectivity index (χ0) is 23.9. The van der Waals surface area contributed by atoms with Gasteiger partial charge in [0.05, 0.1) is 11.1 Å². The second-order valence-electron chi connectivity index (χ2n) is 8.97. The molecule has 0 fully saturated rings. The number of hydrogen-bond acceptors (Lipinski definition) is 2. The van der Waals surface area contributed by atoms with E-state index in [1.54, 1.807) is 0 Å². The van der Waals surface area contributed by atoms with E-state index in [9.17, 15) is 0 Å². The lowest BCUT2D eigenvalue weighted by molar-refractivity contribution is 0.674. The highest BCUT2D eigenvalue weighted by Crippen LogP contribution is 2.46. The van der Waals surface area contributed by atoms with Crippen LogP contribution in [0, 0.1) is 0 Å². The van der Waals surface area contributed by atoms with Gasteiger partial charge in [-0.25, -0.2) is 0 Å². The molecule has 0 atom stereocenters. The molecular formula is C34H23NO. The highest BCUT2D eigenvalue weighted by molar-refractivity contribution is 6.22. The topological polar surface area (TPSA) is 16.4 Å². The fourth-order valence-corrected chi connectivity index (χ4v) is 5.20. The SMILES string of the molecule is c1ccc(-c2ccc(N(c3ccccc3)c3ccccc3)c3c2oc2c4ccccc4ccc23)cc1. The maximum Gasteiger partial charge on any atom is 0.145 e. The van der Waals surface area contributed by atoms with E-state index in [-0.39, 0.29) is 0 Å². The van der Waals surface area contributed by atoms with Gasteiger partial charge in [-0.3, -0.25) is 0 Å². The van der Waals surface area contributed by atoms with Crippen molar-refractivity contribution in [1.29, 1.82) is 0 Å². The Kier molecular flexibility index (Phi) is 4.82. The lowest BCUT2D eigenvalue weighted by atomic mass is 9.99. The Morgan fingerprint density at radius 1 is 0.444 bits per heavy atom. The van der Waals surface area contributed by atoms with Crippen LogP contribution in [0.2, 0.25) is 0 Å². The van der Waals surface area contributed by atoms with E-state index in [2.05, 4.69) is 138 Å². The number of benzene rings is 6. The molecule has 2 heteroatoms. The molecule has 7 aromatic rings. The maximum atomic E-state index is 6.79. The summed E-state index contributed by atoms with van der Waals surface area (Å²) < 4.78 is 6.79. The van der Waals surface area contributed by atoms with E-state index in [4.69, 9.17) is 4.42 Å². The largest absolute Gasteiger partial charge is 0.455 e. The molecular weight excluding hydrogens is 438 g/mol. The molecule has 0 aliphatic rings. The quantitative estimate of drug-likeness (QED) is 0.259. The third kappa shape index (κ3) is 3.27. The maximum absolute atomic E-state index is 6.79. The van der Waals surface area contributed by atoms with Gasteiger partial charge in [0.2, 0.25) is 0 Å². The Morgan fingerprint density at radius 2 is 1.06 bits per heavy atom. The Bertz CT molecular complexity index is 1780. The van der Waals surface area contributed by atoms with Crippen LogP contribution in [0.4, 0.5) is 17.1 Å². The molecule has 0 aliphatic heterocycles. The molecule has 0 N–H and O–H groups in total. The van der Waals surface area contributed by atoms with Gasteiger partial charge in [0.1, 0.15) is 11.2 Å². The molecule has 170 valence electrons. The summed E-state index contributed by atoms with van der Waals surface area (Å²) in [5.74, 6) is 0. The Labute approximate surface area is 209 Å². The van der Waals surface area contributed by atoms with Gasteiger partial charge in [0, 0.05) is 27.7 Å². The monoisotopic (exact) mass is 461 g/mol. The van der Waals surface area contributed by atoms with E-state index in [1.165, 1.54) is 5.39 Å². The van der Waals surface area contributed by atoms with Gasteiger partial charge in [-0.15, -0.1) is 0 Å². The van der Waals surface area contributed by atoms with E-state index in [0.29, 0.717) is 0 Å². The van der Waals surface area contributed by atoms with Crippen LogP contribution < -0.4 is 4.90 Å². The second-order valence-corrected chi connectivity index (χ2v) is 8.97. The van der Waals surface area contributed by atoms with Crippen molar-refractivity contribution in [2.75, 3.05) is 4.90 Å². The first-order chi connectivity index (χ1) is 17.9. The normalized spacial score (nSPS) is 11.3. The smallest absolute Gasteiger partial charge is 0.145 e. The van der Waals surface area contributed by atoms with Crippen molar-refractivity contribution in [1.82, 2.24) is 0 Å². The van der Waals surface area contributed by atoms with Crippen LogP contribution in [0.25, 0.3) is 43.8 Å². The molecule has 6 aromatic carbocycles. The number of para-hydroxylation sites is 2. The first-order valence-corrected chi connectivity index (χ1v) is 12.2. The molecule has 0 unspecified atom stereocenters. The van der Waals surface area contributed by atoms with Crippen LogP contribution >= 0.6 is 0 Å². The summed E-state index contributed by atoms with van der Waals surface area (Å²) in [7, 11) is 0. The van der Waals surface area contributed by atoms with Gasteiger partial charge >= 0.3 is 0 Å². The molecule has 7 rings (SSSR count). The third-order valence-corrected chi connectivity index (χ3v) is 6.84. The zero-order valence-electron chi connectivity index (χ0n) is 19.6. The minimum Gasteiger partial charge on any atom is -0.455 e. The lowest BCUT2D eigenvalue weighted by Gasteiger charge is -2.26. The van der Waals surface area contributed by atoms with Crippen molar-refractivity contribution in [2.45, 2.75) is 0 Å². The Morgan fingerprint density at radius 3 is 1.75 bits per heavy atom. The van der Waals surface area contributed by atoms with Crippen molar-refractivity contribution < 1.29 is 4.42 Å². The van der Waals surface area contributed by atoms with Crippen LogP contribution in [-0.4, -0.2) is 0 Å². The minimum absolute atomic E-state index is 0.905. The summed E-state index contributed by atoms with van der Waals surface area (Å²) in [6.07, 6.45) is 0. The molecule has 1 heterocycles. The molecule has 36 heavy (non-hydrogen) atoms. The van der Waals surface area contributed by atoms with E-state index >= 15 is 0 Å². The third-order valence-electron chi connectivity index (χ3n) is 6.84. The van der Waals surface area contributed by atoms with Gasteiger partial charge in [-0.1, -0.05) is 97.1 Å². The van der Waals surface area contributed by atoms with Crippen LogP contribution in [0.1, 0.15) is 0 Å². The minimum atomic E-state index is 0.905. The van der Waals surface area contributed by atoms with Crippen molar-refractivity contribution in [3.63, 3.8) is 0 Å². The zero-order valence-corrected chi connectivity index (χ0v) is 19.6. The Balaban J connectivity index is 1.62. The van der Waals surface area contributed by atoms with Gasteiger partial charge in [-0.05, 0) is 53.4 Å². The molecule has 1 aromatic heterocycles. The summed E-state index contributed by atoms with van der Waals surface area (Å²) in [4.78, 5) is 2.32. The van der Waals surface area contributed by atoms with Gasteiger partial charge in [-0.2, -0.15) is 0 Å². The number of furan rings is 1. The van der Waals surface area contributed by atoms with E-state index < -0.39 is 0 Å². The Hall–Kier alpha value is -4.82. The summed E-state index contributed by atoms with van der Waals surface area (Å²) in [5, 5.41) is 4.54. The second kappa shape index (κ2) is 8.44. The van der Waals surface area contributed by atoms with Crippen molar-refractivity contribution >= 4 is 49.8 Å². The number of nitrogens with zero attached hydrogens (tertiary/aromatic N) is 1. The predicted octanol–water partition coefficient (Wildman–Crippen LogP) is 9.88. The average molecular weight is 462 g/mol. The van der Waals surface area contributed by atoms with Gasteiger partial charge < -0.3 is 9.32 Å². The molecule has 0 bridgehead atoms. The summed E-state index contributed by atoms with van der Waals surface area (Å²) >= 11 is 0. The molecule has 0 radical (unpaired) electrons. The first kappa shape index (κ1) is 20.5. The molecule has 0 saturated heterocycles. The number of rotatable bonds is 4. The van der Waals surface area contributed by atoms with Gasteiger partial charge in [0.25, 0.3) is 0 Å². The summed E-state index contributed by atoms with van der Waals surface area (Å²) in [5.41, 5.74) is 7.37. The van der Waals surface area contributed by atoms with Crippen molar-refractivity contribution in [2.24, 2.45) is 0 Å². The summed E-state index contributed by atoms with van der Waals surface area (Å²) in [6, 6.07) is 48.8. The van der Waals surface area contributed by atoms with Crippen LogP contribution in [0.5, 0.6) is 0 Å². The predicted molar refractivity (Wildman–Crippen MR) is 151 cm³/mol. The molecule has 0 saturated carbocycles. The highest BCUT2D eigenvalue weighted by Gasteiger charge is 2.22. The number of anilines is 3. The van der Waals surface area contributed by atoms with Crippen LogP contribution in [0.3, 0.4) is 0 Å². The standard InChI is InChI=1S/C34H23NO/c1-4-12-24(13-5-1)29-22-23-31(35(26-15-6-2-7-16-26)27-17-8-3-9-18-27)32-30-21-20-25-14-10-11-19-28(25)33(30)36-34(29)32/h1-23H. The molecule has 0 spiro atoms. The first-order valence-electron chi connectivity index (χ1n) is 12.2.